The molecule has 0 spiro atoms. The van der Waals surface area contributed by atoms with Crippen molar-refractivity contribution < 1.29 is 19.0 Å². The van der Waals surface area contributed by atoms with Gasteiger partial charge >= 0.3 is 0 Å². The molecule has 10 nitrogen and oxygen atoms in total. The molecule has 1 amide bonds. The van der Waals surface area contributed by atoms with Crippen molar-refractivity contribution in [1.82, 2.24) is 14.9 Å². The second kappa shape index (κ2) is 7.05. The molecule has 10 heteroatoms. The molecule has 0 aliphatic rings. The summed E-state index contributed by atoms with van der Waals surface area (Å²) >= 11 is 0. The van der Waals surface area contributed by atoms with Crippen molar-refractivity contribution in [3.8, 4) is 11.6 Å². The highest BCUT2D eigenvalue weighted by atomic mass is 16.6. The number of carbonyl (C=O) groups excluding carboxylic acids is 1. The van der Waals surface area contributed by atoms with Crippen molar-refractivity contribution in [2.45, 2.75) is 13.8 Å². The molecule has 0 fully saturated rings. The van der Waals surface area contributed by atoms with Gasteiger partial charge in [-0.25, -0.2) is 4.68 Å². The van der Waals surface area contributed by atoms with Crippen LogP contribution in [-0.2, 0) is 4.79 Å². The maximum atomic E-state index is 12.1. The van der Waals surface area contributed by atoms with E-state index in [2.05, 4.69) is 15.6 Å². The van der Waals surface area contributed by atoms with Gasteiger partial charge in [-0.2, -0.15) is 5.10 Å². The van der Waals surface area contributed by atoms with Gasteiger partial charge in [0.1, 0.15) is 11.6 Å². The lowest BCUT2D eigenvalue weighted by atomic mass is 10.3. The second-order valence-electron chi connectivity index (χ2n) is 5.47. The normalized spacial score (nSPS) is 10.5. The monoisotopic (exact) mass is 357 g/mol. The number of carbonyl (C=O) groups is 1. The van der Waals surface area contributed by atoms with Gasteiger partial charge in [0.05, 0.1) is 16.3 Å². The minimum absolute atomic E-state index is 0.0282. The first-order valence-corrected chi connectivity index (χ1v) is 7.60. The molecular formula is C16H15N5O5. The van der Waals surface area contributed by atoms with Crippen LogP contribution in [0.3, 0.4) is 0 Å². The molecule has 0 bridgehead atoms. The van der Waals surface area contributed by atoms with E-state index >= 15 is 0 Å². The number of nitrogens with one attached hydrogen (secondary N) is 1. The van der Waals surface area contributed by atoms with Crippen LogP contribution in [0.25, 0.3) is 5.69 Å². The molecule has 0 atom stereocenters. The number of nitro groups is 1. The first kappa shape index (κ1) is 17.1. The van der Waals surface area contributed by atoms with Crippen LogP contribution in [-0.4, -0.2) is 32.4 Å². The van der Waals surface area contributed by atoms with E-state index in [-0.39, 0.29) is 18.2 Å². The predicted molar refractivity (Wildman–Crippen MR) is 90.3 cm³/mol. The van der Waals surface area contributed by atoms with Gasteiger partial charge in [-0.05, 0) is 31.1 Å². The largest absolute Gasteiger partial charge is 0.465 e. The number of ether oxygens (including phenoxy) is 1. The van der Waals surface area contributed by atoms with Gasteiger partial charge in [-0.1, -0.05) is 0 Å². The number of benzene rings is 1. The van der Waals surface area contributed by atoms with Crippen molar-refractivity contribution in [2.75, 3.05) is 11.9 Å². The van der Waals surface area contributed by atoms with Gasteiger partial charge in [-0.3, -0.25) is 14.9 Å². The predicted octanol–water partition coefficient (Wildman–Crippen LogP) is 2.40. The molecule has 134 valence electrons. The zero-order chi connectivity index (χ0) is 18.7. The highest BCUT2D eigenvalue weighted by molar-refractivity contribution is 5.91. The summed E-state index contributed by atoms with van der Waals surface area (Å²) in [5.41, 5.74) is 1.22. The number of amides is 1. The third kappa shape index (κ3) is 3.86. The highest BCUT2D eigenvalue weighted by Crippen LogP contribution is 2.20. The molecule has 0 aliphatic carbocycles. The number of aryl methyl sites for hydroxylation is 2. The molecule has 0 saturated carbocycles. The summed E-state index contributed by atoms with van der Waals surface area (Å²) in [6.45, 7) is 3.23. The number of aromatic nitrogens is 3. The standard InChI is InChI=1S/C16H15N5O5/c1-10-7-14(17-15(22)9-25-16-8-11(2)26-19-16)20(18-10)12-3-5-13(6-4-12)21(23)24/h3-8H,9H2,1-2H3,(H,17,22). The van der Waals surface area contributed by atoms with E-state index < -0.39 is 10.8 Å². The Hall–Kier alpha value is -3.69. The van der Waals surface area contributed by atoms with Crippen molar-refractivity contribution in [1.29, 1.82) is 0 Å². The van der Waals surface area contributed by atoms with Crippen LogP contribution >= 0.6 is 0 Å². The van der Waals surface area contributed by atoms with E-state index in [0.717, 1.165) is 0 Å². The molecule has 2 aromatic heterocycles. The van der Waals surface area contributed by atoms with Crippen LogP contribution in [0.5, 0.6) is 5.88 Å². The molecule has 0 aliphatic heterocycles. The summed E-state index contributed by atoms with van der Waals surface area (Å²) < 4.78 is 11.6. The zero-order valence-electron chi connectivity index (χ0n) is 14.0. The number of rotatable bonds is 6. The van der Waals surface area contributed by atoms with Crippen molar-refractivity contribution in [3.63, 3.8) is 0 Å². The first-order chi connectivity index (χ1) is 12.4. The molecule has 0 unspecified atom stereocenters. The molecule has 3 aromatic rings. The molecule has 2 heterocycles. The van der Waals surface area contributed by atoms with Crippen LogP contribution in [0.4, 0.5) is 11.5 Å². The molecule has 1 N–H and O–H groups in total. The topological polar surface area (TPSA) is 125 Å². The van der Waals surface area contributed by atoms with Gasteiger partial charge in [0.2, 0.25) is 0 Å². The number of nitrogens with zero attached hydrogens (tertiary/aromatic N) is 4. The third-order valence-electron chi connectivity index (χ3n) is 3.36. The zero-order valence-corrected chi connectivity index (χ0v) is 14.0. The summed E-state index contributed by atoms with van der Waals surface area (Å²) in [5, 5.41) is 21.4. The lowest BCUT2D eigenvalue weighted by molar-refractivity contribution is -0.384. The maximum absolute atomic E-state index is 12.1. The Labute approximate surface area is 147 Å². The second-order valence-corrected chi connectivity index (χ2v) is 5.47. The summed E-state index contributed by atoms with van der Waals surface area (Å²) in [4.78, 5) is 22.4. The molecule has 0 saturated heterocycles. The number of hydrogen-bond donors (Lipinski definition) is 1. The first-order valence-electron chi connectivity index (χ1n) is 7.60. The van der Waals surface area contributed by atoms with E-state index in [4.69, 9.17) is 9.26 Å². The van der Waals surface area contributed by atoms with Crippen molar-refractivity contribution >= 4 is 17.4 Å². The fourth-order valence-electron chi connectivity index (χ4n) is 2.23. The minimum Gasteiger partial charge on any atom is -0.465 e. The van der Waals surface area contributed by atoms with Crippen LogP contribution < -0.4 is 10.1 Å². The van der Waals surface area contributed by atoms with E-state index in [1.54, 1.807) is 38.1 Å². The van der Waals surface area contributed by atoms with Gasteiger partial charge in [0, 0.05) is 24.3 Å². The van der Waals surface area contributed by atoms with E-state index in [1.807, 2.05) is 0 Å². The van der Waals surface area contributed by atoms with Crippen molar-refractivity contribution in [2.24, 2.45) is 0 Å². The van der Waals surface area contributed by atoms with Gasteiger partial charge in [0.25, 0.3) is 17.5 Å². The Bertz CT molecular complexity index is 944. The minimum atomic E-state index is -0.482. The Morgan fingerprint density at radius 3 is 2.65 bits per heavy atom. The average Bonchev–Trinajstić information content (AvgIpc) is 3.18. The molecule has 26 heavy (non-hydrogen) atoms. The van der Waals surface area contributed by atoms with E-state index in [9.17, 15) is 14.9 Å². The maximum Gasteiger partial charge on any atom is 0.269 e. The molecule has 0 radical (unpaired) electrons. The average molecular weight is 357 g/mol. The summed E-state index contributed by atoms with van der Waals surface area (Å²) in [6.07, 6.45) is 0. The third-order valence-corrected chi connectivity index (χ3v) is 3.36. The quantitative estimate of drug-likeness (QED) is 0.530. The molecule has 1 aromatic carbocycles. The fraction of sp³-hybridized carbons (Fsp3) is 0.188. The number of anilines is 1. The summed E-state index contributed by atoms with van der Waals surface area (Å²) in [6, 6.07) is 9.09. The van der Waals surface area contributed by atoms with Gasteiger partial charge in [-0.15, -0.1) is 0 Å². The number of hydrogen-bond acceptors (Lipinski definition) is 7. The Morgan fingerprint density at radius 2 is 2.04 bits per heavy atom. The van der Waals surface area contributed by atoms with Crippen LogP contribution in [0.15, 0.2) is 40.9 Å². The SMILES string of the molecule is Cc1cc(NC(=O)COc2cc(C)on2)n(-c2ccc([N+](=O)[O-])cc2)n1. The Kier molecular flexibility index (Phi) is 4.65. The van der Waals surface area contributed by atoms with Crippen LogP contribution in [0.2, 0.25) is 0 Å². The van der Waals surface area contributed by atoms with Crippen molar-refractivity contribution in [3.05, 3.63) is 58.0 Å². The highest BCUT2D eigenvalue weighted by Gasteiger charge is 2.13. The van der Waals surface area contributed by atoms with Gasteiger partial charge < -0.3 is 14.6 Å². The Balaban J connectivity index is 1.72. The number of non-ortho nitro benzene ring substituents is 1. The van der Waals surface area contributed by atoms with Crippen LogP contribution in [0.1, 0.15) is 11.5 Å². The van der Waals surface area contributed by atoms with Crippen LogP contribution in [0, 0.1) is 24.0 Å². The summed E-state index contributed by atoms with van der Waals surface area (Å²) in [5.74, 6) is 0.806. The lowest BCUT2D eigenvalue weighted by Gasteiger charge is -2.09. The summed E-state index contributed by atoms with van der Waals surface area (Å²) in [7, 11) is 0. The van der Waals surface area contributed by atoms with E-state index in [0.29, 0.717) is 23.0 Å². The number of nitro benzene ring substituents is 1. The fourth-order valence-corrected chi connectivity index (χ4v) is 2.23. The smallest absolute Gasteiger partial charge is 0.269 e. The Morgan fingerprint density at radius 1 is 1.31 bits per heavy atom. The lowest BCUT2D eigenvalue weighted by Crippen LogP contribution is -2.22. The van der Waals surface area contributed by atoms with E-state index in [1.165, 1.54) is 16.8 Å². The molecular weight excluding hydrogens is 342 g/mol. The molecule has 3 rings (SSSR count). The van der Waals surface area contributed by atoms with Gasteiger partial charge in [0.15, 0.2) is 6.61 Å².